The first-order valence-corrected chi connectivity index (χ1v) is 9.81. The van der Waals surface area contributed by atoms with Crippen LogP contribution in [-0.2, 0) is 16.1 Å². The van der Waals surface area contributed by atoms with Gasteiger partial charge in [0.15, 0.2) is 11.5 Å². The Morgan fingerprint density at radius 1 is 1.16 bits per heavy atom. The number of para-hydroxylation sites is 2. The Balaban J connectivity index is 1.85. The van der Waals surface area contributed by atoms with E-state index in [2.05, 4.69) is 5.32 Å². The quantitative estimate of drug-likeness (QED) is 0.729. The molecule has 1 aliphatic heterocycles. The fourth-order valence-electron chi connectivity index (χ4n) is 3.65. The van der Waals surface area contributed by atoms with Gasteiger partial charge in [-0.2, -0.15) is 13.2 Å². The molecule has 0 aliphatic carbocycles. The summed E-state index contributed by atoms with van der Waals surface area (Å²) in [6, 6.07) is 8.95. The summed E-state index contributed by atoms with van der Waals surface area (Å²) in [7, 11) is 4.64. The number of nitrogens with zero attached hydrogens (tertiary/aromatic N) is 2. The molecule has 7 nitrogen and oxygen atoms in total. The minimum absolute atomic E-state index is 0.0187. The summed E-state index contributed by atoms with van der Waals surface area (Å²) >= 11 is 0. The van der Waals surface area contributed by atoms with Gasteiger partial charge in [-0.1, -0.05) is 18.2 Å². The van der Waals surface area contributed by atoms with Crippen molar-refractivity contribution in [2.45, 2.75) is 25.2 Å². The van der Waals surface area contributed by atoms with Crippen molar-refractivity contribution in [2.75, 3.05) is 38.0 Å². The van der Waals surface area contributed by atoms with E-state index in [4.69, 9.17) is 9.47 Å². The number of halogens is 3. The molecule has 2 amide bonds. The highest BCUT2D eigenvalue weighted by molar-refractivity contribution is 6.05. The van der Waals surface area contributed by atoms with Crippen LogP contribution in [-0.4, -0.2) is 56.7 Å². The van der Waals surface area contributed by atoms with Crippen LogP contribution in [0.15, 0.2) is 42.5 Å². The van der Waals surface area contributed by atoms with Crippen LogP contribution in [0.1, 0.15) is 12.0 Å². The predicted molar refractivity (Wildman–Crippen MR) is 113 cm³/mol. The molecule has 0 fully saturated rings. The van der Waals surface area contributed by atoms with Crippen LogP contribution in [0.2, 0.25) is 0 Å². The number of amides is 2. The maximum absolute atomic E-state index is 13.8. The molecule has 2 aromatic rings. The lowest BCUT2D eigenvalue weighted by atomic mass is 10.1. The van der Waals surface area contributed by atoms with Crippen LogP contribution in [0.5, 0.6) is 11.5 Å². The molecule has 172 valence electrons. The van der Waals surface area contributed by atoms with Crippen LogP contribution < -0.4 is 19.7 Å². The zero-order valence-corrected chi connectivity index (χ0v) is 17.9. The van der Waals surface area contributed by atoms with Crippen molar-refractivity contribution in [1.29, 1.82) is 0 Å². The molecular formula is C22H24F3N3O4. The molecule has 0 saturated carbocycles. The average Bonchev–Trinajstić information content (AvgIpc) is 2.89. The molecule has 0 bridgehead atoms. The monoisotopic (exact) mass is 451 g/mol. The summed E-state index contributed by atoms with van der Waals surface area (Å²) in [6.45, 7) is -0.00110. The minimum Gasteiger partial charge on any atom is -0.493 e. The van der Waals surface area contributed by atoms with Crippen LogP contribution in [0.25, 0.3) is 0 Å². The third-order valence-electron chi connectivity index (χ3n) is 5.08. The first-order valence-electron chi connectivity index (χ1n) is 9.81. The van der Waals surface area contributed by atoms with E-state index < -0.39 is 30.5 Å². The second-order valence-electron chi connectivity index (χ2n) is 7.45. The number of hydrogen-bond donors (Lipinski definition) is 1. The normalized spacial score (nSPS) is 16.3. The maximum atomic E-state index is 13.8. The highest BCUT2D eigenvalue weighted by atomic mass is 19.4. The number of fused-ring (bicyclic) bond motifs is 1. The topological polar surface area (TPSA) is 71.1 Å². The third kappa shape index (κ3) is 5.13. The fourth-order valence-corrected chi connectivity index (χ4v) is 3.65. The molecule has 1 N–H and O–H groups in total. The third-order valence-corrected chi connectivity index (χ3v) is 5.08. The van der Waals surface area contributed by atoms with Crippen molar-refractivity contribution in [3.05, 3.63) is 48.0 Å². The largest absolute Gasteiger partial charge is 0.493 e. The van der Waals surface area contributed by atoms with E-state index in [0.717, 1.165) is 5.56 Å². The summed E-state index contributed by atoms with van der Waals surface area (Å²) in [5.41, 5.74) is 0.976. The molecule has 32 heavy (non-hydrogen) atoms. The van der Waals surface area contributed by atoms with Gasteiger partial charge >= 0.3 is 6.18 Å². The number of rotatable bonds is 6. The number of methoxy groups -OCH3 is 2. The highest BCUT2D eigenvalue weighted by Crippen LogP contribution is 2.37. The molecule has 0 spiro atoms. The van der Waals surface area contributed by atoms with Crippen LogP contribution in [0.3, 0.4) is 0 Å². The summed E-state index contributed by atoms with van der Waals surface area (Å²) in [5.74, 6) is -0.512. The van der Waals surface area contributed by atoms with Gasteiger partial charge in [-0.3, -0.25) is 19.4 Å². The number of likely N-dealkylation sites (N-methyl/N-ethyl adjacent to an activating group) is 1. The summed E-state index contributed by atoms with van der Waals surface area (Å²) in [6.07, 6.45) is -5.64. The Morgan fingerprint density at radius 3 is 2.50 bits per heavy atom. The second-order valence-corrected chi connectivity index (χ2v) is 7.45. The van der Waals surface area contributed by atoms with Crippen LogP contribution in [0.4, 0.5) is 24.5 Å². The molecule has 1 atom stereocenters. The highest BCUT2D eigenvalue weighted by Gasteiger charge is 2.49. The molecule has 2 aromatic carbocycles. The molecule has 0 radical (unpaired) electrons. The Labute approximate surface area is 183 Å². The first kappa shape index (κ1) is 23.4. The lowest BCUT2D eigenvalue weighted by Gasteiger charge is -2.33. The zero-order valence-electron chi connectivity index (χ0n) is 17.9. The number of carbonyl (C=O) groups excluding carboxylic acids is 2. The average molecular weight is 451 g/mol. The smallest absolute Gasteiger partial charge is 0.409 e. The fraction of sp³-hybridized carbons (Fsp3) is 0.364. The molecule has 1 heterocycles. The Hall–Kier alpha value is -3.27. The van der Waals surface area contributed by atoms with Crippen molar-refractivity contribution in [3.63, 3.8) is 0 Å². The maximum Gasteiger partial charge on any atom is 0.409 e. The predicted octanol–water partition coefficient (Wildman–Crippen LogP) is 3.44. The molecule has 10 heteroatoms. The molecule has 3 rings (SSSR count). The summed E-state index contributed by atoms with van der Waals surface area (Å²) < 4.78 is 51.9. The number of alkyl halides is 3. The summed E-state index contributed by atoms with van der Waals surface area (Å²) in [5, 5.41) is 2.45. The van der Waals surface area contributed by atoms with E-state index in [1.807, 2.05) is 0 Å². The lowest BCUT2D eigenvalue weighted by molar-refractivity contribution is -0.158. The van der Waals surface area contributed by atoms with Crippen molar-refractivity contribution < 1.29 is 32.2 Å². The van der Waals surface area contributed by atoms with Gasteiger partial charge in [-0.15, -0.1) is 0 Å². The Morgan fingerprint density at radius 2 is 1.84 bits per heavy atom. The number of anilines is 2. The molecule has 0 aromatic heterocycles. The first-order chi connectivity index (χ1) is 15.1. The molecular weight excluding hydrogens is 427 g/mol. The van der Waals surface area contributed by atoms with E-state index in [0.29, 0.717) is 16.4 Å². The molecule has 1 unspecified atom stereocenters. The molecule has 0 saturated heterocycles. The van der Waals surface area contributed by atoms with Crippen LogP contribution >= 0.6 is 0 Å². The van der Waals surface area contributed by atoms with Gasteiger partial charge in [-0.25, -0.2) is 0 Å². The SMILES string of the molecule is COc1ccc(CN(C)CC(=O)N2c3ccccc3NC(=O)CC2C(F)(F)F)cc1OC. The lowest BCUT2D eigenvalue weighted by Crippen LogP contribution is -2.52. The molecule has 1 aliphatic rings. The van der Waals surface area contributed by atoms with Gasteiger partial charge in [0.05, 0.1) is 38.6 Å². The van der Waals surface area contributed by atoms with Crippen molar-refractivity contribution in [3.8, 4) is 11.5 Å². The number of benzene rings is 2. The van der Waals surface area contributed by atoms with Crippen LogP contribution in [0, 0.1) is 0 Å². The van der Waals surface area contributed by atoms with Gasteiger partial charge in [0.1, 0.15) is 6.04 Å². The van der Waals surface area contributed by atoms with Gasteiger partial charge in [-0.05, 0) is 36.9 Å². The standard InChI is InChI=1S/C22H24F3N3O4/c1-27(12-14-8-9-17(31-2)18(10-14)32-3)13-21(30)28-16-7-5-4-6-15(16)26-20(29)11-19(28)22(23,24)25/h4-10,19H,11-13H2,1-3H3,(H,26,29). The van der Waals surface area contributed by atoms with E-state index >= 15 is 0 Å². The van der Waals surface area contributed by atoms with Gasteiger partial charge in [0, 0.05) is 6.54 Å². The van der Waals surface area contributed by atoms with Crippen molar-refractivity contribution >= 4 is 23.2 Å². The number of hydrogen-bond acceptors (Lipinski definition) is 5. The van der Waals surface area contributed by atoms with Gasteiger partial charge in [0.25, 0.3) is 0 Å². The van der Waals surface area contributed by atoms with Gasteiger partial charge < -0.3 is 14.8 Å². The summed E-state index contributed by atoms with van der Waals surface area (Å²) in [4.78, 5) is 27.4. The van der Waals surface area contributed by atoms with E-state index in [-0.39, 0.29) is 24.5 Å². The number of ether oxygens (including phenoxy) is 2. The van der Waals surface area contributed by atoms with Gasteiger partial charge in [0.2, 0.25) is 11.8 Å². The zero-order chi connectivity index (χ0) is 23.5. The number of carbonyl (C=O) groups is 2. The number of nitrogens with one attached hydrogen (secondary N) is 1. The minimum atomic E-state index is -4.77. The van der Waals surface area contributed by atoms with E-state index in [9.17, 15) is 22.8 Å². The Bertz CT molecular complexity index is 997. The second kappa shape index (κ2) is 9.47. The van der Waals surface area contributed by atoms with Crippen molar-refractivity contribution in [2.24, 2.45) is 0 Å². The van der Waals surface area contributed by atoms with E-state index in [1.165, 1.54) is 32.4 Å². The Kier molecular flexibility index (Phi) is 6.93. The van der Waals surface area contributed by atoms with E-state index in [1.54, 1.807) is 36.2 Å². The van der Waals surface area contributed by atoms with Crippen molar-refractivity contribution in [1.82, 2.24) is 4.90 Å².